The number of benzene rings is 1. The Labute approximate surface area is 110 Å². The highest BCUT2D eigenvalue weighted by molar-refractivity contribution is 5.97. The fourth-order valence-electron chi connectivity index (χ4n) is 1.75. The van der Waals surface area contributed by atoms with E-state index in [4.69, 9.17) is 14.6 Å². The van der Waals surface area contributed by atoms with Crippen molar-refractivity contribution in [1.82, 2.24) is 4.90 Å². The molecule has 0 spiro atoms. The molecule has 0 bridgehead atoms. The van der Waals surface area contributed by atoms with E-state index in [1.807, 2.05) is 6.92 Å². The summed E-state index contributed by atoms with van der Waals surface area (Å²) in [4.78, 5) is 24.3. The predicted molar refractivity (Wildman–Crippen MR) is 66.6 cm³/mol. The standard InChI is InChI=1S/C13H15NO5/c1-8-6-19-11-4-3-9(18-7-12(15)16)5-10(11)13(17)14(8)2/h3-5,8H,6-7H2,1-2H3,(H,15,16). The van der Waals surface area contributed by atoms with E-state index in [0.29, 0.717) is 23.7 Å². The zero-order chi connectivity index (χ0) is 14.0. The molecule has 0 radical (unpaired) electrons. The summed E-state index contributed by atoms with van der Waals surface area (Å²) in [5.41, 5.74) is 0.384. The van der Waals surface area contributed by atoms with Crippen LogP contribution in [0, 0.1) is 0 Å². The third kappa shape index (κ3) is 2.78. The predicted octanol–water partition coefficient (Wildman–Crippen LogP) is 1.00. The van der Waals surface area contributed by atoms with Crippen LogP contribution in [0.1, 0.15) is 17.3 Å². The Morgan fingerprint density at radius 1 is 1.58 bits per heavy atom. The number of rotatable bonds is 3. The first kappa shape index (κ1) is 13.2. The van der Waals surface area contributed by atoms with Crippen molar-refractivity contribution in [2.24, 2.45) is 0 Å². The molecule has 1 N–H and O–H groups in total. The van der Waals surface area contributed by atoms with Crippen LogP contribution in [0.4, 0.5) is 0 Å². The maximum absolute atomic E-state index is 12.2. The van der Waals surface area contributed by atoms with Gasteiger partial charge >= 0.3 is 5.97 Å². The highest BCUT2D eigenvalue weighted by Crippen LogP contribution is 2.28. The van der Waals surface area contributed by atoms with Crippen LogP contribution in [0.3, 0.4) is 0 Å². The number of fused-ring (bicyclic) bond motifs is 1. The van der Waals surface area contributed by atoms with Crippen molar-refractivity contribution in [3.8, 4) is 11.5 Å². The number of carbonyl (C=O) groups is 2. The van der Waals surface area contributed by atoms with Gasteiger partial charge in [-0.2, -0.15) is 0 Å². The number of aliphatic carboxylic acids is 1. The van der Waals surface area contributed by atoms with Gasteiger partial charge in [-0.05, 0) is 25.1 Å². The lowest BCUT2D eigenvalue weighted by Gasteiger charge is -2.20. The van der Waals surface area contributed by atoms with Gasteiger partial charge in [0.05, 0.1) is 11.6 Å². The molecule has 1 atom stereocenters. The number of carbonyl (C=O) groups excluding carboxylic acids is 1. The number of amides is 1. The molecule has 0 aromatic heterocycles. The van der Waals surface area contributed by atoms with Gasteiger partial charge in [0.15, 0.2) is 6.61 Å². The summed E-state index contributed by atoms with van der Waals surface area (Å²) < 4.78 is 10.6. The van der Waals surface area contributed by atoms with Gasteiger partial charge in [-0.3, -0.25) is 4.79 Å². The van der Waals surface area contributed by atoms with Gasteiger partial charge in [-0.1, -0.05) is 0 Å². The summed E-state index contributed by atoms with van der Waals surface area (Å²) in [6.45, 7) is 1.87. The second-order valence-electron chi connectivity index (χ2n) is 4.42. The molecule has 1 unspecified atom stereocenters. The maximum Gasteiger partial charge on any atom is 0.341 e. The molecule has 6 heteroatoms. The molecule has 0 aliphatic carbocycles. The number of hydrogen-bond donors (Lipinski definition) is 1. The van der Waals surface area contributed by atoms with E-state index in [9.17, 15) is 9.59 Å². The number of hydrogen-bond acceptors (Lipinski definition) is 4. The fraction of sp³-hybridized carbons (Fsp3) is 0.385. The van der Waals surface area contributed by atoms with Crippen LogP contribution < -0.4 is 9.47 Å². The van der Waals surface area contributed by atoms with Crippen molar-refractivity contribution < 1.29 is 24.2 Å². The highest BCUT2D eigenvalue weighted by Gasteiger charge is 2.26. The first-order chi connectivity index (χ1) is 8.99. The Bertz CT molecular complexity index is 514. The lowest BCUT2D eigenvalue weighted by atomic mass is 10.1. The van der Waals surface area contributed by atoms with Crippen LogP contribution >= 0.6 is 0 Å². The molecule has 1 aromatic rings. The topological polar surface area (TPSA) is 76.1 Å². The van der Waals surface area contributed by atoms with E-state index in [2.05, 4.69) is 0 Å². The Morgan fingerprint density at radius 3 is 3.00 bits per heavy atom. The summed E-state index contributed by atoms with van der Waals surface area (Å²) in [5, 5.41) is 8.56. The summed E-state index contributed by atoms with van der Waals surface area (Å²) in [5.74, 6) is -0.408. The number of carboxylic acid groups (broad SMARTS) is 1. The highest BCUT2D eigenvalue weighted by atomic mass is 16.5. The van der Waals surface area contributed by atoms with E-state index in [0.717, 1.165) is 0 Å². The van der Waals surface area contributed by atoms with Crippen LogP contribution in [0.15, 0.2) is 18.2 Å². The number of ether oxygens (including phenoxy) is 2. The quantitative estimate of drug-likeness (QED) is 0.882. The van der Waals surface area contributed by atoms with Crippen molar-refractivity contribution in [2.75, 3.05) is 20.3 Å². The van der Waals surface area contributed by atoms with E-state index < -0.39 is 12.6 Å². The molecule has 0 saturated heterocycles. The van der Waals surface area contributed by atoms with Gasteiger partial charge in [0.2, 0.25) is 0 Å². The molecule has 1 heterocycles. The van der Waals surface area contributed by atoms with Crippen LogP contribution in [0.2, 0.25) is 0 Å². The minimum Gasteiger partial charge on any atom is -0.491 e. The second-order valence-corrected chi connectivity index (χ2v) is 4.42. The first-order valence-corrected chi connectivity index (χ1v) is 5.87. The number of nitrogens with zero attached hydrogens (tertiary/aromatic N) is 1. The summed E-state index contributed by atoms with van der Waals surface area (Å²) in [6.07, 6.45) is 0. The summed E-state index contributed by atoms with van der Waals surface area (Å²) >= 11 is 0. The van der Waals surface area contributed by atoms with Crippen molar-refractivity contribution in [1.29, 1.82) is 0 Å². The molecular formula is C13H15NO5. The molecule has 1 aromatic carbocycles. The second kappa shape index (κ2) is 5.17. The van der Waals surface area contributed by atoms with Crippen molar-refractivity contribution in [2.45, 2.75) is 13.0 Å². The third-order valence-electron chi connectivity index (χ3n) is 3.01. The van der Waals surface area contributed by atoms with Gasteiger partial charge in [0.1, 0.15) is 18.1 Å². The fourth-order valence-corrected chi connectivity index (χ4v) is 1.75. The maximum atomic E-state index is 12.2. The average Bonchev–Trinajstić information content (AvgIpc) is 2.49. The smallest absolute Gasteiger partial charge is 0.341 e. The molecular weight excluding hydrogens is 250 g/mol. The molecule has 0 fully saturated rings. The zero-order valence-electron chi connectivity index (χ0n) is 10.8. The van der Waals surface area contributed by atoms with E-state index in [-0.39, 0.29) is 11.9 Å². The van der Waals surface area contributed by atoms with Crippen molar-refractivity contribution >= 4 is 11.9 Å². The molecule has 2 rings (SSSR count). The molecule has 6 nitrogen and oxygen atoms in total. The third-order valence-corrected chi connectivity index (χ3v) is 3.01. The Kier molecular flexibility index (Phi) is 3.59. The minimum absolute atomic E-state index is 0.0247. The molecule has 1 aliphatic rings. The van der Waals surface area contributed by atoms with Crippen LogP contribution in [-0.4, -0.2) is 48.2 Å². The largest absolute Gasteiger partial charge is 0.491 e. The Balaban J connectivity index is 2.28. The molecule has 0 saturated carbocycles. The van der Waals surface area contributed by atoms with Crippen molar-refractivity contribution in [3.05, 3.63) is 23.8 Å². The Morgan fingerprint density at radius 2 is 2.32 bits per heavy atom. The van der Waals surface area contributed by atoms with E-state index in [1.54, 1.807) is 24.1 Å². The van der Waals surface area contributed by atoms with Gasteiger partial charge in [0, 0.05) is 7.05 Å². The average molecular weight is 265 g/mol. The molecule has 1 amide bonds. The lowest BCUT2D eigenvalue weighted by molar-refractivity contribution is -0.139. The van der Waals surface area contributed by atoms with Gasteiger partial charge in [0.25, 0.3) is 5.91 Å². The SMILES string of the molecule is CC1COc2ccc(OCC(=O)O)cc2C(=O)N1C. The molecule has 19 heavy (non-hydrogen) atoms. The number of likely N-dealkylation sites (N-methyl/N-ethyl adjacent to an activating group) is 1. The van der Waals surface area contributed by atoms with Gasteiger partial charge in [-0.15, -0.1) is 0 Å². The minimum atomic E-state index is -1.07. The summed E-state index contributed by atoms with van der Waals surface area (Å²) in [6, 6.07) is 4.69. The van der Waals surface area contributed by atoms with Gasteiger partial charge < -0.3 is 19.5 Å². The van der Waals surface area contributed by atoms with E-state index >= 15 is 0 Å². The van der Waals surface area contributed by atoms with Crippen LogP contribution in [-0.2, 0) is 4.79 Å². The van der Waals surface area contributed by atoms with Crippen LogP contribution in [0.25, 0.3) is 0 Å². The number of carboxylic acids is 1. The summed E-state index contributed by atoms with van der Waals surface area (Å²) in [7, 11) is 1.70. The Hall–Kier alpha value is -2.24. The van der Waals surface area contributed by atoms with E-state index in [1.165, 1.54) is 6.07 Å². The first-order valence-electron chi connectivity index (χ1n) is 5.87. The van der Waals surface area contributed by atoms with Crippen LogP contribution in [0.5, 0.6) is 11.5 Å². The molecule has 102 valence electrons. The molecule has 1 aliphatic heterocycles. The van der Waals surface area contributed by atoms with Gasteiger partial charge in [-0.25, -0.2) is 4.79 Å². The normalized spacial score (nSPS) is 18.3. The zero-order valence-corrected chi connectivity index (χ0v) is 10.8. The lowest BCUT2D eigenvalue weighted by Crippen LogP contribution is -2.36. The monoisotopic (exact) mass is 265 g/mol. The van der Waals surface area contributed by atoms with Crippen molar-refractivity contribution in [3.63, 3.8) is 0 Å².